The molecular weight excluding hydrogens is 390 g/mol. The van der Waals surface area contributed by atoms with Gasteiger partial charge in [-0.2, -0.15) is 0 Å². The first-order valence-corrected chi connectivity index (χ1v) is 10.3. The van der Waals surface area contributed by atoms with E-state index >= 15 is 0 Å². The molecule has 3 amide bonds. The highest BCUT2D eigenvalue weighted by Crippen LogP contribution is 2.24. The van der Waals surface area contributed by atoms with Gasteiger partial charge in [0.2, 0.25) is 0 Å². The first kappa shape index (κ1) is 20.5. The summed E-state index contributed by atoms with van der Waals surface area (Å²) in [5.74, 6) is 0.418. The second-order valence-corrected chi connectivity index (χ2v) is 7.43. The molecule has 3 aromatic carbocycles. The Morgan fingerprint density at radius 3 is 2.48 bits per heavy atom. The van der Waals surface area contributed by atoms with Gasteiger partial charge in [-0.3, -0.25) is 9.69 Å². The molecule has 0 atom stereocenters. The number of nitrogens with zero attached hydrogens (tertiary/aromatic N) is 2. The number of ether oxygens (including phenoxy) is 1. The number of anilines is 2. The van der Waals surface area contributed by atoms with Crippen LogP contribution in [0, 0.1) is 0 Å². The second-order valence-electron chi connectivity index (χ2n) is 7.43. The van der Waals surface area contributed by atoms with Crippen molar-refractivity contribution in [2.45, 2.75) is 13.0 Å². The number of carbonyl (C=O) groups excluding carboxylic acids is 2. The molecule has 1 saturated heterocycles. The number of benzene rings is 3. The van der Waals surface area contributed by atoms with E-state index in [9.17, 15) is 9.59 Å². The summed E-state index contributed by atoms with van der Waals surface area (Å²) in [6.45, 7) is 2.03. The maximum Gasteiger partial charge on any atom is 0.324 e. The molecule has 0 radical (unpaired) electrons. The van der Waals surface area contributed by atoms with Crippen LogP contribution in [0.15, 0.2) is 78.9 Å². The van der Waals surface area contributed by atoms with E-state index in [4.69, 9.17) is 4.74 Å². The zero-order chi connectivity index (χ0) is 21.6. The molecule has 6 nitrogen and oxygen atoms in total. The normalized spacial score (nSPS) is 13.8. The van der Waals surface area contributed by atoms with Gasteiger partial charge in [0.15, 0.2) is 0 Å². The number of rotatable bonds is 6. The van der Waals surface area contributed by atoms with E-state index in [2.05, 4.69) is 5.32 Å². The van der Waals surface area contributed by atoms with Crippen molar-refractivity contribution in [1.82, 2.24) is 4.90 Å². The minimum atomic E-state index is -0.213. The van der Waals surface area contributed by atoms with Crippen LogP contribution in [0.25, 0.3) is 0 Å². The topological polar surface area (TPSA) is 61.9 Å². The Morgan fingerprint density at radius 2 is 1.74 bits per heavy atom. The molecule has 0 aromatic heterocycles. The quantitative estimate of drug-likeness (QED) is 0.630. The number of hydrogen-bond acceptors (Lipinski definition) is 3. The van der Waals surface area contributed by atoms with Gasteiger partial charge in [0.05, 0.1) is 7.11 Å². The summed E-state index contributed by atoms with van der Waals surface area (Å²) >= 11 is 0. The maximum atomic E-state index is 13.0. The van der Waals surface area contributed by atoms with Gasteiger partial charge in [-0.1, -0.05) is 36.4 Å². The van der Waals surface area contributed by atoms with Gasteiger partial charge in [0, 0.05) is 36.6 Å². The smallest absolute Gasteiger partial charge is 0.324 e. The Labute approximate surface area is 182 Å². The Kier molecular flexibility index (Phi) is 6.17. The van der Waals surface area contributed by atoms with E-state index in [1.165, 1.54) is 0 Å². The largest absolute Gasteiger partial charge is 0.497 e. The average Bonchev–Trinajstić information content (AvgIpc) is 2.82. The van der Waals surface area contributed by atoms with Crippen LogP contribution in [0.4, 0.5) is 16.2 Å². The Morgan fingerprint density at radius 1 is 0.968 bits per heavy atom. The minimum absolute atomic E-state index is 0.00303. The number of nitrogens with one attached hydrogen (secondary N) is 1. The van der Waals surface area contributed by atoms with E-state index in [0.717, 1.165) is 24.2 Å². The van der Waals surface area contributed by atoms with Crippen molar-refractivity contribution in [1.29, 1.82) is 0 Å². The Hall–Kier alpha value is -3.80. The lowest BCUT2D eigenvalue weighted by molar-refractivity contribution is 0.102. The summed E-state index contributed by atoms with van der Waals surface area (Å²) in [5.41, 5.74) is 3.13. The highest BCUT2D eigenvalue weighted by atomic mass is 16.5. The fourth-order valence-electron chi connectivity index (χ4n) is 3.66. The van der Waals surface area contributed by atoms with Crippen molar-refractivity contribution >= 4 is 23.3 Å². The zero-order valence-corrected chi connectivity index (χ0v) is 17.5. The molecule has 0 unspecified atom stereocenters. The van der Waals surface area contributed by atoms with Crippen LogP contribution < -0.4 is 15.0 Å². The molecule has 0 bridgehead atoms. The second kappa shape index (κ2) is 9.34. The average molecular weight is 415 g/mol. The number of urea groups is 1. The van der Waals surface area contributed by atoms with Gasteiger partial charge in [-0.15, -0.1) is 0 Å². The summed E-state index contributed by atoms with van der Waals surface area (Å²) in [6, 6.07) is 24.4. The lowest BCUT2D eigenvalue weighted by Gasteiger charge is -2.35. The van der Waals surface area contributed by atoms with Gasteiger partial charge < -0.3 is 15.0 Å². The highest BCUT2D eigenvalue weighted by molar-refractivity contribution is 6.04. The van der Waals surface area contributed by atoms with Crippen LogP contribution in [-0.2, 0) is 6.54 Å². The molecular formula is C25H25N3O3. The number of hydrogen-bond donors (Lipinski definition) is 1. The van der Waals surface area contributed by atoms with Crippen LogP contribution in [-0.4, -0.2) is 37.0 Å². The fourth-order valence-corrected chi connectivity index (χ4v) is 3.66. The molecule has 6 heteroatoms. The van der Waals surface area contributed by atoms with Crippen molar-refractivity contribution in [2.24, 2.45) is 0 Å². The van der Waals surface area contributed by atoms with Crippen molar-refractivity contribution in [3.8, 4) is 5.75 Å². The van der Waals surface area contributed by atoms with Gasteiger partial charge in [-0.25, -0.2) is 4.79 Å². The summed E-state index contributed by atoms with van der Waals surface area (Å²) in [6.07, 6.45) is 0.910. The predicted molar refractivity (Wildman–Crippen MR) is 122 cm³/mol. The molecule has 31 heavy (non-hydrogen) atoms. The van der Waals surface area contributed by atoms with Crippen molar-refractivity contribution in [3.05, 3.63) is 90.0 Å². The van der Waals surface area contributed by atoms with E-state index in [1.807, 2.05) is 59.5 Å². The lowest BCUT2D eigenvalue weighted by atomic mass is 10.1. The van der Waals surface area contributed by atoms with Crippen molar-refractivity contribution in [3.63, 3.8) is 0 Å². The SMILES string of the molecule is COc1cccc(C(=O)Nc2ccc(N3CCCN(Cc4ccccc4)C3=O)cc2)c1. The molecule has 0 saturated carbocycles. The molecule has 0 aliphatic carbocycles. The fraction of sp³-hybridized carbons (Fsp3) is 0.200. The molecule has 4 rings (SSSR count). The van der Waals surface area contributed by atoms with Crippen LogP contribution in [0.2, 0.25) is 0 Å². The molecule has 0 spiro atoms. The summed E-state index contributed by atoms with van der Waals surface area (Å²) < 4.78 is 5.17. The first-order valence-electron chi connectivity index (χ1n) is 10.3. The van der Waals surface area contributed by atoms with Crippen LogP contribution >= 0.6 is 0 Å². The molecule has 1 N–H and O–H groups in total. The van der Waals surface area contributed by atoms with Gasteiger partial charge >= 0.3 is 6.03 Å². The van der Waals surface area contributed by atoms with Crippen LogP contribution in [0.5, 0.6) is 5.75 Å². The van der Waals surface area contributed by atoms with E-state index in [0.29, 0.717) is 30.1 Å². The monoisotopic (exact) mass is 415 g/mol. The zero-order valence-electron chi connectivity index (χ0n) is 17.5. The molecule has 3 aromatic rings. The third-order valence-corrected chi connectivity index (χ3v) is 5.30. The summed E-state index contributed by atoms with van der Waals surface area (Å²) in [7, 11) is 1.57. The first-order chi connectivity index (χ1) is 15.1. The molecule has 1 fully saturated rings. The lowest BCUT2D eigenvalue weighted by Crippen LogP contribution is -2.49. The van der Waals surface area contributed by atoms with Gasteiger partial charge in [-0.05, 0) is 54.4 Å². The van der Waals surface area contributed by atoms with Crippen LogP contribution in [0.3, 0.4) is 0 Å². The number of methoxy groups -OCH3 is 1. The predicted octanol–water partition coefficient (Wildman–Crippen LogP) is 4.78. The Bertz CT molecular complexity index is 1050. The third-order valence-electron chi connectivity index (χ3n) is 5.30. The van der Waals surface area contributed by atoms with E-state index in [-0.39, 0.29) is 11.9 Å². The number of carbonyl (C=O) groups is 2. The molecule has 1 heterocycles. The Balaban J connectivity index is 1.42. The number of amides is 3. The van der Waals surface area contributed by atoms with Crippen molar-refractivity contribution in [2.75, 3.05) is 30.4 Å². The van der Waals surface area contributed by atoms with E-state index in [1.54, 1.807) is 36.3 Å². The molecule has 1 aliphatic rings. The van der Waals surface area contributed by atoms with Gasteiger partial charge in [0.25, 0.3) is 5.91 Å². The standard InChI is InChI=1S/C25H25N3O3/c1-31-23-10-5-9-20(17-23)24(29)26-21-11-13-22(14-12-21)28-16-6-15-27(25(28)30)18-19-7-3-2-4-8-19/h2-5,7-14,17H,6,15-16,18H2,1H3,(H,26,29). The van der Waals surface area contributed by atoms with Gasteiger partial charge in [0.1, 0.15) is 5.75 Å². The summed E-state index contributed by atoms with van der Waals surface area (Å²) in [5, 5.41) is 2.88. The van der Waals surface area contributed by atoms with Crippen molar-refractivity contribution < 1.29 is 14.3 Å². The van der Waals surface area contributed by atoms with Crippen LogP contribution in [0.1, 0.15) is 22.3 Å². The highest BCUT2D eigenvalue weighted by Gasteiger charge is 2.26. The minimum Gasteiger partial charge on any atom is -0.497 e. The maximum absolute atomic E-state index is 13.0. The molecule has 158 valence electrons. The summed E-state index contributed by atoms with van der Waals surface area (Å²) in [4.78, 5) is 29.2. The third kappa shape index (κ3) is 4.86. The molecule has 1 aliphatic heterocycles. The van der Waals surface area contributed by atoms with E-state index < -0.39 is 0 Å².